The first-order chi connectivity index (χ1) is 12.4. The van der Waals surface area contributed by atoms with Crippen LogP contribution in [0, 0.1) is 5.92 Å². The molecule has 2 aliphatic rings. The largest absolute Gasteiger partial charge is 0.377 e. The van der Waals surface area contributed by atoms with Gasteiger partial charge in [-0.05, 0) is 56.4 Å². The Morgan fingerprint density at radius 3 is 2.81 bits per heavy atom. The highest BCUT2D eigenvalue weighted by Gasteiger charge is 2.39. The molecule has 134 valence electrons. The van der Waals surface area contributed by atoms with Crippen molar-refractivity contribution >= 4 is 11.6 Å². The number of hydrogen-bond donors (Lipinski definition) is 2. The molecule has 3 atom stereocenters. The number of aromatic nitrogens is 1. The minimum atomic E-state index is -0.271. The first-order valence-corrected chi connectivity index (χ1v) is 9.22. The molecule has 1 aliphatic heterocycles. The Hall–Kier alpha value is -2.62. The van der Waals surface area contributed by atoms with Crippen molar-refractivity contribution in [3.8, 4) is 0 Å². The maximum Gasteiger partial charge on any atom is 0.253 e. The van der Waals surface area contributed by atoms with Crippen LogP contribution in [0.1, 0.15) is 60.6 Å². The lowest BCUT2D eigenvalue weighted by Crippen LogP contribution is -2.41. The fourth-order valence-electron chi connectivity index (χ4n) is 4.11. The van der Waals surface area contributed by atoms with Gasteiger partial charge in [-0.25, -0.2) is 0 Å². The van der Waals surface area contributed by atoms with E-state index < -0.39 is 0 Å². The number of amides is 1. The zero-order chi connectivity index (χ0) is 18.3. The van der Waals surface area contributed by atoms with Gasteiger partial charge in [-0.15, -0.1) is 0 Å². The van der Waals surface area contributed by atoms with Crippen LogP contribution in [0.5, 0.6) is 0 Å². The number of carbonyl (C=O) groups excluding carboxylic acids is 1. The minimum absolute atomic E-state index is 0.0350. The molecule has 0 saturated heterocycles. The molecule has 4 heteroatoms. The van der Waals surface area contributed by atoms with Gasteiger partial charge in [0.15, 0.2) is 0 Å². The van der Waals surface area contributed by atoms with Gasteiger partial charge in [0.1, 0.15) is 0 Å². The maximum atomic E-state index is 12.9. The van der Waals surface area contributed by atoms with E-state index in [2.05, 4.69) is 39.9 Å². The molecule has 0 fully saturated rings. The van der Waals surface area contributed by atoms with Crippen LogP contribution in [0.4, 0.5) is 5.69 Å². The summed E-state index contributed by atoms with van der Waals surface area (Å²) in [5, 5.41) is 6.77. The smallest absolute Gasteiger partial charge is 0.253 e. The average molecular weight is 347 g/mol. The van der Waals surface area contributed by atoms with E-state index in [9.17, 15) is 4.79 Å². The summed E-state index contributed by atoms with van der Waals surface area (Å²) in [5.41, 5.74) is 3.78. The van der Waals surface area contributed by atoms with E-state index in [1.54, 1.807) is 6.20 Å². The first kappa shape index (κ1) is 16.8. The third-order valence-corrected chi connectivity index (χ3v) is 5.17. The number of benzene rings is 1. The Morgan fingerprint density at radius 2 is 2.08 bits per heavy atom. The topological polar surface area (TPSA) is 54.0 Å². The molecule has 0 bridgehead atoms. The number of allylic oxidation sites excluding steroid dienone is 2. The zero-order valence-corrected chi connectivity index (χ0v) is 15.5. The van der Waals surface area contributed by atoms with Crippen molar-refractivity contribution in [1.29, 1.82) is 0 Å². The minimum Gasteiger partial charge on any atom is -0.377 e. The summed E-state index contributed by atoms with van der Waals surface area (Å²) in [4.78, 5) is 17.2. The number of fused-ring (bicyclic) bond motifs is 3. The van der Waals surface area contributed by atoms with E-state index in [1.807, 2.05) is 45.2 Å². The summed E-state index contributed by atoms with van der Waals surface area (Å²) >= 11 is 0. The second kappa shape index (κ2) is 6.27. The maximum absolute atomic E-state index is 12.9. The highest BCUT2D eigenvalue weighted by atomic mass is 16.1. The molecule has 4 rings (SSSR count). The Balaban J connectivity index is 1.77. The molecule has 0 radical (unpaired) electrons. The SMILES string of the molecule is CC(C)(C)NC(=O)c1cccc2c1NC(c1cccnc1)C1CC=CC21. The molecule has 1 amide bonds. The number of anilines is 1. The molecule has 26 heavy (non-hydrogen) atoms. The number of pyridine rings is 1. The lowest BCUT2D eigenvalue weighted by atomic mass is 9.76. The van der Waals surface area contributed by atoms with E-state index in [1.165, 1.54) is 11.1 Å². The van der Waals surface area contributed by atoms with Crippen LogP contribution < -0.4 is 10.6 Å². The molecule has 0 spiro atoms. The Bertz CT molecular complexity index is 851. The first-order valence-electron chi connectivity index (χ1n) is 9.22. The second-order valence-electron chi connectivity index (χ2n) is 8.24. The fourth-order valence-corrected chi connectivity index (χ4v) is 4.11. The zero-order valence-electron chi connectivity index (χ0n) is 15.5. The van der Waals surface area contributed by atoms with Crippen molar-refractivity contribution in [2.45, 2.75) is 44.7 Å². The van der Waals surface area contributed by atoms with E-state index in [0.29, 0.717) is 17.4 Å². The monoisotopic (exact) mass is 347 g/mol. The van der Waals surface area contributed by atoms with Crippen LogP contribution in [0.3, 0.4) is 0 Å². The van der Waals surface area contributed by atoms with Crippen molar-refractivity contribution in [3.63, 3.8) is 0 Å². The van der Waals surface area contributed by atoms with Gasteiger partial charge in [0, 0.05) is 23.9 Å². The fraction of sp³-hybridized carbons (Fsp3) is 0.364. The molecular formula is C22H25N3O. The number of hydrogen-bond acceptors (Lipinski definition) is 3. The van der Waals surface area contributed by atoms with Crippen molar-refractivity contribution < 1.29 is 4.79 Å². The third kappa shape index (κ3) is 3.00. The van der Waals surface area contributed by atoms with Crippen LogP contribution >= 0.6 is 0 Å². The van der Waals surface area contributed by atoms with E-state index in [0.717, 1.165) is 12.1 Å². The molecule has 1 aromatic heterocycles. The molecule has 2 N–H and O–H groups in total. The van der Waals surface area contributed by atoms with E-state index in [-0.39, 0.29) is 17.5 Å². The van der Waals surface area contributed by atoms with Gasteiger partial charge in [0.2, 0.25) is 0 Å². The summed E-state index contributed by atoms with van der Waals surface area (Å²) < 4.78 is 0. The predicted molar refractivity (Wildman–Crippen MR) is 104 cm³/mol. The van der Waals surface area contributed by atoms with Crippen LogP contribution in [0.2, 0.25) is 0 Å². The number of carbonyl (C=O) groups is 1. The van der Waals surface area contributed by atoms with Crippen molar-refractivity contribution in [2.24, 2.45) is 5.92 Å². The second-order valence-corrected chi connectivity index (χ2v) is 8.24. The van der Waals surface area contributed by atoms with Gasteiger partial charge in [-0.3, -0.25) is 9.78 Å². The Kier molecular flexibility index (Phi) is 4.06. The van der Waals surface area contributed by atoms with Crippen LogP contribution in [0.15, 0.2) is 54.9 Å². The molecule has 0 saturated carbocycles. The van der Waals surface area contributed by atoms with E-state index in [4.69, 9.17) is 0 Å². The standard InChI is InChI=1S/C22H25N3O/c1-22(2,3)25-21(26)18-11-5-10-17-15-8-4-9-16(15)19(24-20(17)18)14-7-6-12-23-13-14/h4-8,10-13,15-16,19,24H,9H2,1-3H3,(H,25,26). The van der Waals surface area contributed by atoms with Crippen LogP contribution in [-0.4, -0.2) is 16.4 Å². The van der Waals surface area contributed by atoms with Crippen molar-refractivity contribution in [2.75, 3.05) is 5.32 Å². The van der Waals surface area contributed by atoms with Gasteiger partial charge in [-0.1, -0.05) is 30.4 Å². The van der Waals surface area contributed by atoms with Crippen LogP contribution in [0.25, 0.3) is 0 Å². The van der Waals surface area contributed by atoms with Gasteiger partial charge < -0.3 is 10.6 Å². The molecule has 3 unspecified atom stereocenters. The normalized spacial score (nSPS) is 23.7. The molecule has 1 aliphatic carbocycles. The lowest BCUT2D eigenvalue weighted by Gasteiger charge is -2.38. The van der Waals surface area contributed by atoms with Crippen molar-refractivity contribution in [3.05, 3.63) is 71.6 Å². The Morgan fingerprint density at radius 1 is 1.23 bits per heavy atom. The quantitative estimate of drug-likeness (QED) is 0.790. The van der Waals surface area contributed by atoms with Gasteiger partial charge >= 0.3 is 0 Å². The molecule has 2 aromatic rings. The molecular weight excluding hydrogens is 322 g/mol. The predicted octanol–water partition coefficient (Wildman–Crippen LogP) is 4.44. The number of para-hydroxylation sites is 1. The number of nitrogens with one attached hydrogen (secondary N) is 2. The van der Waals surface area contributed by atoms with Crippen LogP contribution in [-0.2, 0) is 0 Å². The average Bonchev–Trinajstić information content (AvgIpc) is 3.09. The lowest BCUT2D eigenvalue weighted by molar-refractivity contribution is 0.0920. The molecule has 1 aromatic carbocycles. The summed E-state index contributed by atoms with van der Waals surface area (Å²) in [5.74, 6) is 0.749. The van der Waals surface area contributed by atoms with Crippen molar-refractivity contribution in [1.82, 2.24) is 10.3 Å². The van der Waals surface area contributed by atoms with Gasteiger partial charge in [0.05, 0.1) is 17.3 Å². The molecule has 2 heterocycles. The number of nitrogens with zero attached hydrogens (tertiary/aromatic N) is 1. The summed E-state index contributed by atoms with van der Waals surface area (Å²) in [6, 6.07) is 10.3. The summed E-state index contributed by atoms with van der Waals surface area (Å²) in [6.45, 7) is 6.01. The summed E-state index contributed by atoms with van der Waals surface area (Å²) in [6.07, 6.45) is 9.31. The highest BCUT2D eigenvalue weighted by Crippen LogP contribution is 2.50. The van der Waals surface area contributed by atoms with Gasteiger partial charge in [0.25, 0.3) is 5.91 Å². The highest BCUT2D eigenvalue weighted by molar-refractivity contribution is 6.01. The summed E-state index contributed by atoms with van der Waals surface area (Å²) in [7, 11) is 0. The third-order valence-electron chi connectivity index (χ3n) is 5.17. The van der Waals surface area contributed by atoms with Gasteiger partial charge in [-0.2, -0.15) is 0 Å². The molecule has 4 nitrogen and oxygen atoms in total. The van der Waals surface area contributed by atoms with E-state index >= 15 is 0 Å². The number of rotatable bonds is 2. The Labute approximate surface area is 154 Å².